The molecule has 0 bridgehead atoms. The molecule has 0 unspecified atom stereocenters. The molecule has 0 N–H and O–H groups in total. The van der Waals surface area contributed by atoms with E-state index in [1.54, 1.807) is 11.3 Å². The highest BCUT2D eigenvalue weighted by molar-refractivity contribution is 9.10. The number of imidazole rings is 1. The molecule has 0 fully saturated rings. The van der Waals surface area contributed by atoms with E-state index in [0.29, 0.717) is 5.88 Å². The maximum Gasteiger partial charge on any atom is 0.125 e. The van der Waals surface area contributed by atoms with Gasteiger partial charge in [0.25, 0.3) is 0 Å². The number of fused-ring (bicyclic) bond motifs is 1. The van der Waals surface area contributed by atoms with E-state index in [2.05, 4.69) is 36.5 Å². The average molecular weight is 343 g/mol. The van der Waals surface area contributed by atoms with Crippen molar-refractivity contribution in [3.05, 3.63) is 45.1 Å². The smallest absolute Gasteiger partial charge is 0.125 e. The molecule has 0 radical (unpaired) electrons. The summed E-state index contributed by atoms with van der Waals surface area (Å²) in [6.07, 6.45) is 1.88. The summed E-state index contributed by atoms with van der Waals surface area (Å²) in [5.41, 5.74) is 3.90. The quantitative estimate of drug-likeness (QED) is 0.673. The molecule has 0 spiro atoms. The van der Waals surface area contributed by atoms with Gasteiger partial charge in [0.15, 0.2) is 0 Å². The van der Waals surface area contributed by atoms with Crippen LogP contribution in [-0.4, -0.2) is 14.5 Å². The maximum atomic E-state index is 5.98. The van der Waals surface area contributed by atoms with Gasteiger partial charge in [-0.1, -0.05) is 15.9 Å². The molecule has 0 saturated carbocycles. The molecule has 0 atom stereocenters. The first-order chi connectivity index (χ1) is 8.78. The zero-order valence-corrected chi connectivity index (χ0v) is 12.5. The molecular formula is C12H9BrClN3S. The van der Waals surface area contributed by atoms with Gasteiger partial charge in [-0.2, -0.15) is 0 Å². The Balaban J connectivity index is 2.15. The van der Waals surface area contributed by atoms with Gasteiger partial charge in [0, 0.05) is 15.5 Å². The van der Waals surface area contributed by atoms with Crippen LogP contribution < -0.4 is 0 Å². The van der Waals surface area contributed by atoms with Crippen molar-refractivity contribution < 1.29 is 0 Å². The predicted molar refractivity (Wildman–Crippen MR) is 78.2 cm³/mol. The van der Waals surface area contributed by atoms with Gasteiger partial charge < -0.3 is 4.57 Å². The summed E-state index contributed by atoms with van der Waals surface area (Å²) in [6, 6.07) is 6.06. The Hall–Kier alpha value is -0.910. The molecule has 3 nitrogen and oxygen atoms in total. The number of hydrogen-bond acceptors (Lipinski definition) is 3. The third-order valence-corrected chi connectivity index (χ3v) is 4.20. The predicted octanol–water partition coefficient (Wildman–Crippen LogP) is 4.04. The van der Waals surface area contributed by atoms with Crippen molar-refractivity contribution in [3.8, 4) is 0 Å². The van der Waals surface area contributed by atoms with Crippen molar-refractivity contribution in [2.24, 2.45) is 0 Å². The molecule has 0 aliphatic rings. The van der Waals surface area contributed by atoms with E-state index in [-0.39, 0.29) is 0 Å². The summed E-state index contributed by atoms with van der Waals surface area (Å²) in [5.74, 6) is 1.30. The Kier molecular flexibility index (Phi) is 3.37. The van der Waals surface area contributed by atoms with E-state index in [1.807, 2.05) is 23.8 Å². The van der Waals surface area contributed by atoms with Crippen LogP contribution in [0.25, 0.3) is 11.0 Å². The number of benzene rings is 1. The van der Waals surface area contributed by atoms with E-state index in [0.717, 1.165) is 27.9 Å². The highest BCUT2D eigenvalue weighted by atomic mass is 79.9. The van der Waals surface area contributed by atoms with E-state index >= 15 is 0 Å². The van der Waals surface area contributed by atoms with Gasteiger partial charge in [0.2, 0.25) is 0 Å². The largest absolute Gasteiger partial charge is 0.322 e. The van der Waals surface area contributed by atoms with Crippen molar-refractivity contribution in [1.29, 1.82) is 0 Å². The summed E-state index contributed by atoms with van der Waals surface area (Å²) >= 11 is 11.1. The van der Waals surface area contributed by atoms with Crippen molar-refractivity contribution in [2.45, 2.75) is 12.4 Å². The van der Waals surface area contributed by atoms with Crippen LogP contribution in [0.1, 0.15) is 10.7 Å². The number of aromatic nitrogens is 3. The number of thiazole rings is 1. The Morgan fingerprint density at radius 2 is 2.28 bits per heavy atom. The minimum absolute atomic E-state index is 0.408. The van der Waals surface area contributed by atoms with Crippen LogP contribution in [-0.2, 0) is 12.4 Å². The van der Waals surface area contributed by atoms with E-state index in [4.69, 9.17) is 11.6 Å². The molecule has 18 heavy (non-hydrogen) atoms. The number of alkyl halides is 1. The summed E-state index contributed by atoms with van der Waals surface area (Å²) < 4.78 is 3.18. The van der Waals surface area contributed by atoms with E-state index in [1.165, 1.54) is 4.88 Å². The van der Waals surface area contributed by atoms with Crippen LogP contribution in [0.5, 0.6) is 0 Å². The van der Waals surface area contributed by atoms with Crippen LogP contribution in [0, 0.1) is 0 Å². The molecule has 6 heteroatoms. The van der Waals surface area contributed by atoms with Gasteiger partial charge in [-0.25, -0.2) is 4.98 Å². The lowest BCUT2D eigenvalue weighted by Gasteiger charge is -2.05. The van der Waals surface area contributed by atoms with Crippen LogP contribution in [0.15, 0.2) is 34.4 Å². The fourth-order valence-corrected chi connectivity index (χ4v) is 3.04. The molecule has 0 aliphatic heterocycles. The standard InChI is InChI=1S/C12H9BrClN3S/c13-8-1-2-10-11(3-8)17(12(4-14)16-10)6-9-5-15-7-18-9/h1-3,5,7H,4,6H2. The maximum absolute atomic E-state index is 5.98. The third kappa shape index (κ3) is 2.18. The Labute approximate surface area is 122 Å². The topological polar surface area (TPSA) is 30.7 Å². The lowest BCUT2D eigenvalue weighted by atomic mass is 10.3. The Morgan fingerprint density at radius 1 is 1.39 bits per heavy atom. The van der Waals surface area contributed by atoms with Crippen molar-refractivity contribution in [2.75, 3.05) is 0 Å². The van der Waals surface area contributed by atoms with Crippen LogP contribution >= 0.6 is 38.9 Å². The lowest BCUT2D eigenvalue weighted by molar-refractivity contribution is 0.787. The van der Waals surface area contributed by atoms with Crippen molar-refractivity contribution in [3.63, 3.8) is 0 Å². The molecule has 0 amide bonds. The van der Waals surface area contributed by atoms with Gasteiger partial charge in [-0.15, -0.1) is 22.9 Å². The van der Waals surface area contributed by atoms with Crippen LogP contribution in [0.4, 0.5) is 0 Å². The normalized spacial score (nSPS) is 11.2. The minimum Gasteiger partial charge on any atom is -0.322 e. The van der Waals surface area contributed by atoms with Crippen LogP contribution in [0.2, 0.25) is 0 Å². The first-order valence-electron chi connectivity index (χ1n) is 5.36. The summed E-state index contributed by atoms with van der Waals surface area (Å²) in [5, 5.41) is 0. The number of nitrogens with zero attached hydrogens (tertiary/aromatic N) is 3. The summed E-state index contributed by atoms with van der Waals surface area (Å²) in [4.78, 5) is 9.84. The molecule has 2 aromatic heterocycles. The molecule has 0 saturated heterocycles. The summed E-state index contributed by atoms with van der Waals surface area (Å²) in [7, 11) is 0. The molecular weight excluding hydrogens is 334 g/mol. The van der Waals surface area contributed by atoms with Crippen molar-refractivity contribution >= 4 is 49.9 Å². The first kappa shape index (κ1) is 12.1. The molecule has 3 rings (SSSR count). The minimum atomic E-state index is 0.408. The van der Waals surface area contributed by atoms with Gasteiger partial charge in [0.05, 0.1) is 29.0 Å². The first-order valence-corrected chi connectivity index (χ1v) is 7.56. The zero-order valence-electron chi connectivity index (χ0n) is 9.31. The fraction of sp³-hybridized carbons (Fsp3) is 0.167. The summed E-state index contributed by atoms with van der Waals surface area (Å²) in [6.45, 7) is 0.764. The van der Waals surface area contributed by atoms with Crippen molar-refractivity contribution in [1.82, 2.24) is 14.5 Å². The average Bonchev–Trinajstić information content (AvgIpc) is 2.98. The molecule has 92 valence electrons. The number of halogens is 2. The Morgan fingerprint density at radius 3 is 3.00 bits per heavy atom. The molecule has 3 aromatic rings. The Bertz CT molecular complexity index is 678. The van der Waals surface area contributed by atoms with Gasteiger partial charge in [-0.3, -0.25) is 4.98 Å². The second-order valence-electron chi connectivity index (χ2n) is 3.85. The second-order valence-corrected chi connectivity index (χ2v) is 6.00. The lowest BCUT2D eigenvalue weighted by Crippen LogP contribution is -2.02. The molecule has 1 aromatic carbocycles. The molecule has 2 heterocycles. The van der Waals surface area contributed by atoms with Gasteiger partial charge >= 0.3 is 0 Å². The number of rotatable bonds is 3. The second kappa shape index (κ2) is 4.99. The van der Waals surface area contributed by atoms with Gasteiger partial charge in [-0.05, 0) is 18.2 Å². The third-order valence-electron chi connectivity index (χ3n) is 2.71. The van der Waals surface area contributed by atoms with E-state index in [9.17, 15) is 0 Å². The number of hydrogen-bond donors (Lipinski definition) is 0. The molecule has 0 aliphatic carbocycles. The van der Waals surface area contributed by atoms with Gasteiger partial charge in [0.1, 0.15) is 5.82 Å². The highest BCUT2D eigenvalue weighted by Gasteiger charge is 2.11. The zero-order chi connectivity index (χ0) is 12.5. The SMILES string of the molecule is ClCc1nc2ccc(Br)cc2n1Cc1cncs1. The fourth-order valence-electron chi connectivity index (χ4n) is 1.90. The highest BCUT2D eigenvalue weighted by Crippen LogP contribution is 2.23. The monoisotopic (exact) mass is 341 g/mol. The van der Waals surface area contributed by atoms with Crippen LogP contribution in [0.3, 0.4) is 0 Å². The van der Waals surface area contributed by atoms with E-state index < -0.39 is 0 Å².